The number of carbonyl (C=O) groups excluding carboxylic acids is 1. The van der Waals surface area contributed by atoms with Crippen molar-refractivity contribution < 1.29 is 33.6 Å². The van der Waals surface area contributed by atoms with Crippen molar-refractivity contribution in [2.45, 2.75) is 0 Å². The molecule has 12 heavy (non-hydrogen) atoms. The first-order chi connectivity index (χ1) is 5.31. The zero-order valence-electron chi connectivity index (χ0n) is 5.58. The number of carboxylic acids is 1. The fourth-order valence-corrected chi connectivity index (χ4v) is 0.582. The highest BCUT2D eigenvalue weighted by molar-refractivity contribution is 7.46. The molecule has 0 bridgehead atoms. The second-order valence-electron chi connectivity index (χ2n) is 1.57. The smallest absolute Gasteiger partial charge is 0.478 e. The van der Waals surface area contributed by atoms with Gasteiger partial charge in [-0.3, -0.25) is 9.79 Å². The van der Waals surface area contributed by atoms with Gasteiger partial charge in [-0.05, 0) is 0 Å². The normalized spacial score (nSPS) is 11.5. The highest BCUT2D eigenvalue weighted by atomic mass is 31.2. The van der Waals surface area contributed by atoms with Crippen molar-refractivity contribution >= 4 is 19.8 Å². The average molecular weight is 196 g/mol. The molecule has 7 nitrogen and oxygen atoms in total. The van der Waals surface area contributed by atoms with Crippen LogP contribution in [0.4, 0.5) is 0 Å². The Morgan fingerprint density at radius 2 is 1.75 bits per heavy atom. The van der Waals surface area contributed by atoms with Gasteiger partial charge in [-0.1, -0.05) is 0 Å². The topological polar surface area (TPSA) is 121 Å². The molecule has 0 fully saturated rings. The van der Waals surface area contributed by atoms with Crippen molar-refractivity contribution in [1.29, 1.82) is 0 Å². The van der Waals surface area contributed by atoms with Crippen LogP contribution in [-0.2, 0) is 18.7 Å². The van der Waals surface area contributed by atoms with Gasteiger partial charge in [0.15, 0.2) is 0 Å². The van der Waals surface area contributed by atoms with E-state index in [1.807, 2.05) is 0 Å². The van der Waals surface area contributed by atoms with Gasteiger partial charge in [0.25, 0.3) is 0 Å². The standard InChI is InChI=1S/C4H5O7P/c5-3(6)1-2-4(7)11-12(8,9)10/h1-2H,(H,5,6)(H2,8,9,10)/b2-1+. The monoisotopic (exact) mass is 196 g/mol. The average Bonchev–Trinajstić information content (AvgIpc) is 1.79. The summed E-state index contributed by atoms with van der Waals surface area (Å²) in [5, 5.41) is 7.97. The Bertz CT molecular complexity index is 261. The third-order valence-electron chi connectivity index (χ3n) is 0.571. The maximum atomic E-state index is 10.3. The van der Waals surface area contributed by atoms with Crippen LogP contribution in [0.1, 0.15) is 0 Å². The van der Waals surface area contributed by atoms with Crippen LogP contribution < -0.4 is 0 Å². The molecule has 0 spiro atoms. The van der Waals surface area contributed by atoms with Crippen LogP contribution in [0.3, 0.4) is 0 Å². The molecule has 0 aliphatic carbocycles. The van der Waals surface area contributed by atoms with Gasteiger partial charge in [-0.2, -0.15) is 0 Å². The number of aliphatic carboxylic acids is 1. The second kappa shape index (κ2) is 4.01. The van der Waals surface area contributed by atoms with E-state index in [0.29, 0.717) is 12.2 Å². The lowest BCUT2D eigenvalue weighted by molar-refractivity contribution is -0.133. The van der Waals surface area contributed by atoms with Gasteiger partial charge in [0.1, 0.15) is 0 Å². The summed E-state index contributed by atoms with van der Waals surface area (Å²) in [7, 11) is -4.88. The molecule has 0 saturated carbocycles. The number of hydrogen-bond donors (Lipinski definition) is 3. The Morgan fingerprint density at radius 1 is 1.25 bits per heavy atom. The number of hydrogen-bond acceptors (Lipinski definition) is 4. The molecule has 0 heterocycles. The lowest BCUT2D eigenvalue weighted by Crippen LogP contribution is -1.99. The maximum absolute atomic E-state index is 10.3. The number of rotatable bonds is 3. The quantitative estimate of drug-likeness (QED) is 0.401. The van der Waals surface area contributed by atoms with Crippen molar-refractivity contribution in [3.8, 4) is 0 Å². The molecule has 0 amide bonds. The van der Waals surface area contributed by atoms with Gasteiger partial charge < -0.3 is 9.63 Å². The van der Waals surface area contributed by atoms with Crippen LogP contribution in [0.15, 0.2) is 12.2 Å². The molecule has 0 aliphatic heterocycles. The first-order valence-electron chi connectivity index (χ1n) is 2.51. The lowest BCUT2D eigenvalue weighted by Gasteiger charge is -2.00. The molecule has 0 aromatic carbocycles. The second-order valence-corrected chi connectivity index (χ2v) is 2.74. The fourth-order valence-electron chi connectivity index (χ4n) is 0.287. The molecular weight excluding hydrogens is 191 g/mol. The first kappa shape index (κ1) is 10.8. The Hall–Kier alpha value is -1.17. The van der Waals surface area contributed by atoms with Crippen molar-refractivity contribution in [3.63, 3.8) is 0 Å². The van der Waals surface area contributed by atoms with Crippen LogP contribution in [0.5, 0.6) is 0 Å². The SMILES string of the molecule is O=C(O)/C=C/C(=O)OP(=O)(O)O. The molecule has 0 aromatic rings. The maximum Gasteiger partial charge on any atom is 0.527 e. The zero-order valence-corrected chi connectivity index (χ0v) is 6.47. The molecule has 0 aromatic heterocycles. The lowest BCUT2D eigenvalue weighted by atomic mass is 10.5. The van der Waals surface area contributed by atoms with Gasteiger partial charge in [-0.25, -0.2) is 14.2 Å². The fraction of sp³-hybridized carbons (Fsp3) is 0. The van der Waals surface area contributed by atoms with Crippen molar-refractivity contribution in [2.75, 3.05) is 0 Å². The Balaban J connectivity index is 4.09. The molecule has 3 N–H and O–H groups in total. The van der Waals surface area contributed by atoms with Crippen LogP contribution >= 0.6 is 7.82 Å². The summed E-state index contributed by atoms with van der Waals surface area (Å²) in [6.07, 6.45) is 0.791. The predicted molar refractivity (Wildman–Crippen MR) is 34.9 cm³/mol. The number of phosphoric ester groups is 1. The third kappa shape index (κ3) is 6.94. The summed E-state index contributed by atoms with van der Waals surface area (Å²) in [5.74, 6) is -2.83. The Morgan fingerprint density at radius 3 is 2.08 bits per heavy atom. The van der Waals surface area contributed by atoms with E-state index in [9.17, 15) is 14.2 Å². The van der Waals surface area contributed by atoms with Gasteiger partial charge >= 0.3 is 19.8 Å². The summed E-state index contributed by atoms with van der Waals surface area (Å²) in [4.78, 5) is 36.2. The minimum Gasteiger partial charge on any atom is -0.478 e. The van der Waals surface area contributed by atoms with Crippen LogP contribution in [0.2, 0.25) is 0 Å². The minimum atomic E-state index is -4.88. The van der Waals surface area contributed by atoms with Gasteiger partial charge in [0, 0.05) is 12.2 Å². The number of carbonyl (C=O) groups is 2. The van der Waals surface area contributed by atoms with Gasteiger partial charge in [0.2, 0.25) is 0 Å². The summed E-state index contributed by atoms with van der Waals surface area (Å²) in [5.41, 5.74) is 0. The van der Waals surface area contributed by atoms with E-state index in [2.05, 4.69) is 4.52 Å². The van der Waals surface area contributed by atoms with Crippen LogP contribution in [-0.4, -0.2) is 26.8 Å². The first-order valence-corrected chi connectivity index (χ1v) is 4.04. The summed E-state index contributed by atoms with van der Waals surface area (Å²) >= 11 is 0. The van der Waals surface area contributed by atoms with E-state index in [1.165, 1.54) is 0 Å². The van der Waals surface area contributed by atoms with Crippen molar-refractivity contribution in [3.05, 3.63) is 12.2 Å². The van der Waals surface area contributed by atoms with Crippen LogP contribution in [0, 0.1) is 0 Å². The highest BCUT2D eigenvalue weighted by Gasteiger charge is 2.18. The van der Waals surface area contributed by atoms with E-state index < -0.39 is 19.8 Å². The Labute approximate surface area is 66.5 Å². The summed E-state index contributed by atoms with van der Waals surface area (Å²) in [6.45, 7) is 0. The van der Waals surface area contributed by atoms with E-state index in [1.54, 1.807) is 0 Å². The largest absolute Gasteiger partial charge is 0.527 e. The molecule has 8 heteroatoms. The van der Waals surface area contributed by atoms with Crippen molar-refractivity contribution in [1.82, 2.24) is 0 Å². The third-order valence-corrected chi connectivity index (χ3v) is 0.989. The summed E-state index contributed by atoms with van der Waals surface area (Å²) in [6, 6.07) is 0. The molecule has 0 atom stereocenters. The van der Waals surface area contributed by atoms with E-state index in [-0.39, 0.29) is 0 Å². The molecule has 0 saturated heterocycles. The highest BCUT2D eigenvalue weighted by Crippen LogP contribution is 2.35. The molecule has 68 valence electrons. The van der Waals surface area contributed by atoms with Gasteiger partial charge in [0.05, 0.1) is 0 Å². The van der Waals surface area contributed by atoms with E-state index in [4.69, 9.17) is 14.9 Å². The summed E-state index contributed by atoms with van der Waals surface area (Å²) < 4.78 is 13.4. The molecule has 0 radical (unpaired) electrons. The van der Waals surface area contributed by atoms with E-state index >= 15 is 0 Å². The van der Waals surface area contributed by atoms with Crippen LogP contribution in [0.25, 0.3) is 0 Å². The van der Waals surface area contributed by atoms with Crippen molar-refractivity contribution in [2.24, 2.45) is 0 Å². The minimum absolute atomic E-state index is 0.390. The Kier molecular flexibility index (Phi) is 3.62. The number of phosphoric acid groups is 1. The zero-order chi connectivity index (χ0) is 9.78. The number of carboxylic acid groups (broad SMARTS) is 1. The molecule has 0 aliphatic rings. The molecule has 0 rings (SSSR count). The molecular formula is C4H5O7P. The van der Waals surface area contributed by atoms with E-state index in [0.717, 1.165) is 0 Å². The molecule has 0 unspecified atom stereocenters. The van der Waals surface area contributed by atoms with Gasteiger partial charge in [-0.15, -0.1) is 0 Å². The predicted octanol–water partition coefficient (Wildman–Crippen LogP) is -0.737.